The summed E-state index contributed by atoms with van der Waals surface area (Å²) in [7, 11) is 0. The molecule has 0 bridgehead atoms. The highest BCUT2D eigenvalue weighted by Gasteiger charge is 2.04. The van der Waals surface area contributed by atoms with E-state index in [0.717, 1.165) is 12.5 Å². The van der Waals surface area contributed by atoms with Gasteiger partial charge in [0.05, 0.1) is 13.1 Å². The van der Waals surface area contributed by atoms with Gasteiger partial charge in [-0.1, -0.05) is 28.9 Å². The number of nitrogens with one attached hydrogen (secondary N) is 2. The minimum atomic E-state index is 0.482. The van der Waals surface area contributed by atoms with Crippen molar-refractivity contribution in [3.63, 3.8) is 0 Å². The molecule has 6 nitrogen and oxygen atoms in total. The molecule has 0 fully saturated rings. The van der Waals surface area contributed by atoms with Gasteiger partial charge in [0.15, 0.2) is 11.8 Å². The second-order valence-electron chi connectivity index (χ2n) is 5.21. The van der Waals surface area contributed by atoms with Crippen LogP contribution in [0.4, 0.5) is 0 Å². The van der Waals surface area contributed by atoms with Crippen LogP contribution >= 0.6 is 0 Å². The predicted molar refractivity (Wildman–Crippen MR) is 86.6 cm³/mol. The maximum absolute atomic E-state index is 4.95. The Morgan fingerprint density at radius 2 is 2.05 bits per heavy atom. The molecular weight excluding hydrogens is 278 g/mol. The molecule has 0 atom stereocenters. The standard InChI is InChI=1S/C16H23N5O/c1-5-17-16(19-10-15-20-13(4)22-21-15)18-9-14-7-6-11(2)8-12(14)3/h6-8H,5,9-10H2,1-4H3,(H2,17,18,19). The van der Waals surface area contributed by atoms with Crippen molar-refractivity contribution in [2.45, 2.75) is 40.8 Å². The van der Waals surface area contributed by atoms with Gasteiger partial charge in [-0.2, -0.15) is 4.98 Å². The van der Waals surface area contributed by atoms with Crippen molar-refractivity contribution in [2.75, 3.05) is 6.54 Å². The van der Waals surface area contributed by atoms with Crippen LogP contribution in [0.3, 0.4) is 0 Å². The number of hydrogen-bond donors (Lipinski definition) is 2. The molecule has 2 aromatic rings. The number of rotatable bonds is 5. The molecule has 1 heterocycles. The van der Waals surface area contributed by atoms with E-state index in [2.05, 4.69) is 57.8 Å². The Morgan fingerprint density at radius 3 is 2.68 bits per heavy atom. The van der Waals surface area contributed by atoms with Crippen molar-refractivity contribution in [3.05, 3.63) is 46.6 Å². The average molecular weight is 301 g/mol. The van der Waals surface area contributed by atoms with E-state index in [-0.39, 0.29) is 0 Å². The van der Waals surface area contributed by atoms with E-state index >= 15 is 0 Å². The maximum atomic E-state index is 4.95. The summed E-state index contributed by atoms with van der Waals surface area (Å²) < 4.78 is 4.95. The number of nitrogens with zero attached hydrogens (tertiary/aromatic N) is 3. The molecule has 6 heteroatoms. The lowest BCUT2D eigenvalue weighted by atomic mass is 10.1. The molecule has 0 unspecified atom stereocenters. The fraction of sp³-hybridized carbons (Fsp3) is 0.438. The van der Waals surface area contributed by atoms with Crippen molar-refractivity contribution in [1.82, 2.24) is 20.8 Å². The zero-order valence-corrected chi connectivity index (χ0v) is 13.6. The van der Waals surface area contributed by atoms with Crippen LogP contribution < -0.4 is 10.6 Å². The van der Waals surface area contributed by atoms with E-state index in [1.54, 1.807) is 6.92 Å². The van der Waals surface area contributed by atoms with Crippen LogP contribution in [0.1, 0.15) is 35.3 Å². The van der Waals surface area contributed by atoms with Gasteiger partial charge in [0.2, 0.25) is 5.89 Å². The number of aliphatic imine (C=N–C) groups is 1. The zero-order chi connectivity index (χ0) is 15.9. The minimum absolute atomic E-state index is 0.482. The molecular formula is C16H23N5O. The van der Waals surface area contributed by atoms with Gasteiger partial charge in [0.25, 0.3) is 0 Å². The molecule has 1 aromatic carbocycles. The molecule has 2 N–H and O–H groups in total. The lowest BCUT2D eigenvalue weighted by Gasteiger charge is -2.10. The summed E-state index contributed by atoms with van der Waals surface area (Å²) in [6, 6.07) is 6.41. The maximum Gasteiger partial charge on any atom is 0.223 e. The Bertz CT molecular complexity index is 648. The normalized spacial score (nSPS) is 11.5. The van der Waals surface area contributed by atoms with Crippen molar-refractivity contribution >= 4 is 5.96 Å². The molecule has 1 aromatic heterocycles. The number of aromatic nitrogens is 2. The van der Waals surface area contributed by atoms with Crippen LogP contribution in [-0.2, 0) is 13.1 Å². The van der Waals surface area contributed by atoms with Crippen LogP contribution in [0.2, 0.25) is 0 Å². The fourth-order valence-corrected chi connectivity index (χ4v) is 2.11. The Morgan fingerprint density at radius 1 is 1.23 bits per heavy atom. The quantitative estimate of drug-likeness (QED) is 0.654. The van der Waals surface area contributed by atoms with E-state index in [9.17, 15) is 0 Å². The number of benzene rings is 1. The Hall–Kier alpha value is -2.37. The number of guanidine groups is 1. The average Bonchev–Trinajstić information content (AvgIpc) is 2.89. The van der Waals surface area contributed by atoms with Crippen molar-refractivity contribution < 1.29 is 4.52 Å². The molecule has 0 amide bonds. The van der Waals surface area contributed by atoms with E-state index in [1.165, 1.54) is 16.7 Å². The summed E-state index contributed by atoms with van der Waals surface area (Å²) in [5.41, 5.74) is 3.74. The lowest BCUT2D eigenvalue weighted by Crippen LogP contribution is -2.37. The van der Waals surface area contributed by atoms with Crippen LogP contribution in [0.15, 0.2) is 27.7 Å². The van der Waals surface area contributed by atoms with E-state index < -0.39 is 0 Å². The Balaban J connectivity index is 1.99. The van der Waals surface area contributed by atoms with Crippen molar-refractivity contribution in [3.8, 4) is 0 Å². The van der Waals surface area contributed by atoms with Gasteiger partial charge in [-0.3, -0.25) is 0 Å². The summed E-state index contributed by atoms with van der Waals surface area (Å²) >= 11 is 0. The molecule has 2 rings (SSSR count). The third-order valence-electron chi connectivity index (χ3n) is 3.23. The van der Waals surface area contributed by atoms with Gasteiger partial charge in [-0.25, -0.2) is 4.99 Å². The zero-order valence-electron chi connectivity index (χ0n) is 13.6. The number of hydrogen-bond acceptors (Lipinski definition) is 4. The minimum Gasteiger partial charge on any atom is -0.357 e. The van der Waals surface area contributed by atoms with Gasteiger partial charge in [0, 0.05) is 13.5 Å². The molecule has 0 saturated carbocycles. The summed E-state index contributed by atoms with van der Waals surface area (Å²) in [6.45, 7) is 9.93. The molecule has 0 aliphatic carbocycles. The molecule has 0 radical (unpaired) electrons. The SMILES string of the molecule is CCNC(=NCc1ccc(C)cc1C)NCc1noc(C)n1. The first-order chi connectivity index (χ1) is 10.6. The smallest absolute Gasteiger partial charge is 0.223 e. The van der Waals surface area contributed by atoms with Gasteiger partial charge < -0.3 is 15.2 Å². The highest BCUT2D eigenvalue weighted by atomic mass is 16.5. The van der Waals surface area contributed by atoms with E-state index in [0.29, 0.717) is 24.8 Å². The summed E-state index contributed by atoms with van der Waals surface area (Å²) in [6.07, 6.45) is 0. The lowest BCUT2D eigenvalue weighted by molar-refractivity contribution is 0.387. The van der Waals surface area contributed by atoms with Crippen molar-refractivity contribution in [1.29, 1.82) is 0 Å². The van der Waals surface area contributed by atoms with Gasteiger partial charge in [-0.15, -0.1) is 0 Å². The first kappa shape index (κ1) is 16.0. The Kier molecular flexibility index (Phi) is 5.52. The third-order valence-corrected chi connectivity index (χ3v) is 3.23. The van der Waals surface area contributed by atoms with Crippen molar-refractivity contribution in [2.24, 2.45) is 4.99 Å². The second-order valence-corrected chi connectivity index (χ2v) is 5.21. The molecule has 22 heavy (non-hydrogen) atoms. The highest BCUT2D eigenvalue weighted by molar-refractivity contribution is 5.79. The van der Waals surface area contributed by atoms with E-state index in [1.807, 2.05) is 6.92 Å². The summed E-state index contributed by atoms with van der Waals surface area (Å²) in [5.74, 6) is 1.92. The first-order valence-electron chi connectivity index (χ1n) is 7.46. The predicted octanol–water partition coefficient (Wildman–Crippen LogP) is 2.25. The Labute approximate surface area is 131 Å². The van der Waals surface area contributed by atoms with Crippen LogP contribution in [-0.4, -0.2) is 22.6 Å². The topological polar surface area (TPSA) is 75.3 Å². The van der Waals surface area contributed by atoms with Crippen LogP contribution in [0.5, 0.6) is 0 Å². The molecule has 0 saturated heterocycles. The number of aryl methyl sites for hydroxylation is 3. The molecule has 118 valence electrons. The molecule has 0 spiro atoms. The fourth-order valence-electron chi connectivity index (χ4n) is 2.11. The highest BCUT2D eigenvalue weighted by Crippen LogP contribution is 2.11. The van der Waals surface area contributed by atoms with Crippen LogP contribution in [0, 0.1) is 20.8 Å². The molecule has 0 aliphatic rings. The monoisotopic (exact) mass is 301 g/mol. The van der Waals surface area contributed by atoms with Gasteiger partial charge in [-0.05, 0) is 31.9 Å². The van der Waals surface area contributed by atoms with Gasteiger partial charge in [0.1, 0.15) is 0 Å². The molecule has 0 aliphatic heterocycles. The van der Waals surface area contributed by atoms with E-state index in [4.69, 9.17) is 4.52 Å². The summed E-state index contributed by atoms with van der Waals surface area (Å²) in [5, 5.41) is 10.3. The van der Waals surface area contributed by atoms with Crippen LogP contribution in [0.25, 0.3) is 0 Å². The first-order valence-corrected chi connectivity index (χ1v) is 7.46. The third kappa shape index (κ3) is 4.58. The summed E-state index contributed by atoms with van der Waals surface area (Å²) in [4.78, 5) is 8.77. The van der Waals surface area contributed by atoms with Gasteiger partial charge >= 0.3 is 0 Å². The largest absolute Gasteiger partial charge is 0.357 e. The second kappa shape index (κ2) is 7.59.